The van der Waals surface area contributed by atoms with Gasteiger partial charge in [-0.1, -0.05) is 146 Å². The lowest BCUT2D eigenvalue weighted by Crippen LogP contribution is -2.15. The standard InChI is InChI=1S/C48H30O2/c1-5-16-35-29(10-1)20-24-39-45(35)43(46-36-17-6-2-11-30(36)21-25-40(46)49-39)33-14-9-15-34(28-33)44-47-37-18-7-3-12-31(37)22-26-41(47)50-42-27-23-32-13-4-8-19-38(32)48(42)44/h1-28,43-44H. The molecule has 2 nitrogen and oxygen atoms in total. The molecule has 0 atom stereocenters. The van der Waals surface area contributed by atoms with Gasteiger partial charge in [-0.2, -0.15) is 0 Å². The number of benzene rings is 9. The van der Waals surface area contributed by atoms with Crippen LogP contribution in [-0.2, 0) is 0 Å². The molecule has 0 radical (unpaired) electrons. The molecule has 11 rings (SSSR count). The second-order valence-corrected chi connectivity index (χ2v) is 13.5. The number of fused-ring (bicyclic) bond motifs is 12. The van der Waals surface area contributed by atoms with Crippen molar-refractivity contribution in [1.29, 1.82) is 0 Å². The molecule has 0 saturated heterocycles. The van der Waals surface area contributed by atoms with Gasteiger partial charge in [-0.15, -0.1) is 0 Å². The van der Waals surface area contributed by atoms with Crippen LogP contribution in [-0.4, -0.2) is 0 Å². The molecule has 0 aromatic heterocycles. The molecule has 0 fully saturated rings. The molecule has 234 valence electrons. The van der Waals surface area contributed by atoms with Gasteiger partial charge in [-0.3, -0.25) is 0 Å². The van der Waals surface area contributed by atoms with Gasteiger partial charge in [0.05, 0.1) is 0 Å². The van der Waals surface area contributed by atoms with Crippen molar-refractivity contribution >= 4 is 43.1 Å². The zero-order valence-corrected chi connectivity index (χ0v) is 27.1. The smallest absolute Gasteiger partial charge is 0.132 e. The van der Waals surface area contributed by atoms with Crippen LogP contribution in [0.1, 0.15) is 45.2 Å². The fourth-order valence-electron chi connectivity index (χ4n) is 8.76. The summed E-state index contributed by atoms with van der Waals surface area (Å²) >= 11 is 0. The Balaban J connectivity index is 1.22. The van der Waals surface area contributed by atoms with Gasteiger partial charge in [0.15, 0.2) is 0 Å². The lowest BCUT2D eigenvalue weighted by Gasteiger charge is -2.33. The summed E-state index contributed by atoms with van der Waals surface area (Å²) in [6.45, 7) is 0. The molecule has 9 aromatic rings. The highest BCUT2D eigenvalue weighted by Crippen LogP contribution is 2.55. The lowest BCUT2D eigenvalue weighted by molar-refractivity contribution is 0.455. The Morgan fingerprint density at radius 3 is 0.900 bits per heavy atom. The first-order valence-electron chi connectivity index (χ1n) is 17.3. The third kappa shape index (κ3) is 3.96. The average molecular weight is 639 g/mol. The van der Waals surface area contributed by atoms with Gasteiger partial charge in [0.2, 0.25) is 0 Å². The zero-order chi connectivity index (χ0) is 32.8. The summed E-state index contributed by atoms with van der Waals surface area (Å²) in [5.74, 6) is 3.59. The van der Waals surface area contributed by atoms with Crippen molar-refractivity contribution < 1.29 is 9.47 Å². The van der Waals surface area contributed by atoms with Crippen molar-refractivity contribution in [2.24, 2.45) is 0 Å². The van der Waals surface area contributed by atoms with Crippen molar-refractivity contribution in [3.63, 3.8) is 0 Å². The van der Waals surface area contributed by atoms with E-state index < -0.39 is 0 Å². The van der Waals surface area contributed by atoms with Crippen LogP contribution >= 0.6 is 0 Å². The molecule has 0 unspecified atom stereocenters. The number of rotatable bonds is 2. The van der Waals surface area contributed by atoms with Crippen molar-refractivity contribution in [2.75, 3.05) is 0 Å². The van der Waals surface area contributed by atoms with Crippen molar-refractivity contribution in [1.82, 2.24) is 0 Å². The monoisotopic (exact) mass is 638 g/mol. The van der Waals surface area contributed by atoms with Gasteiger partial charge in [-0.05, 0) is 78.5 Å². The largest absolute Gasteiger partial charge is 0.457 e. The first-order valence-corrected chi connectivity index (χ1v) is 17.3. The molecule has 2 aliphatic heterocycles. The molecule has 0 bridgehead atoms. The number of hydrogen-bond acceptors (Lipinski definition) is 2. The quantitative estimate of drug-likeness (QED) is 0.188. The summed E-state index contributed by atoms with van der Waals surface area (Å²) in [6.07, 6.45) is 0. The molecule has 0 saturated carbocycles. The van der Waals surface area contributed by atoms with Gasteiger partial charge in [0.25, 0.3) is 0 Å². The van der Waals surface area contributed by atoms with Crippen LogP contribution in [0.5, 0.6) is 23.0 Å². The molecular formula is C48H30O2. The number of hydrogen-bond donors (Lipinski definition) is 0. The summed E-state index contributed by atoms with van der Waals surface area (Å²) in [5, 5.41) is 9.73. The average Bonchev–Trinajstić information content (AvgIpc) is 3.18. The fourth-order valence-corrected chi connectivity index (χ4v) is 8.76. The maximum atomic E-state index is 6.76. The summed E-state index contributed by atoms with van der Waals surface area (Å²) in [6, 6.07) is 61.5. The van der Waals surface area contributed by atoms with Crippen LogP contribution in [0, 0.1) is 0 Å². The second-order valence-electron chi connectivity index (χ2n) is 13.5. The maximum Gasteiger partial charge on any atom is 0.132 e. The van der Waals surface area contributed by atoms with Crippen LogP contribution in [0.15, 0.2) is 170 Å². The summed E-state index contributed by atoms with van der Waals surface area (Å²) in [5.41, 5.74) is 7.35. The fraction of sp³-hybridized carbons (Fsp3) is 0.0417. The van der Waals surface area contributed by atoms with Gasteiger partial charge in [-0.25, -0.2) is 0 Å². The molecule has 0 amide bonds. The SMILES string of the molecule is c1cc(C2c3c(ccc4ccccc34)Oc3ccc4ccccc4c32)cc(C2c3c(ccc4ccccc34)Oc3ccc4ccccc4c32)c1. The van der Waals surface area contributed by atoms with E-state index in [1.165, 1.54) is 76.5 Å². The Morgan fingerprint density at radius 2 is 0.580 bits per heavy atom. The Labute approximate surface area is 289 Å². The molecule has 9 aromatic carbocycles. The van der Waals surface area contributed by atoms with E-state index in [-0.39, 0.29) is 11.8 Å². The lowest BCUT2D eigenvalue weighted by atomic mass is 9.75. The van der Waals surface area contributed by atoms with E-state index in [9.17, 15) is 0 Å². The van der Waals surface area contributed by atoms with Crippen LogP contribution < -0.4 is 9.47 Å². The summed E-state index contributed by atoms with van der Waals surface area (Å²) in [7, 11) is 0. The van der Waals surface area contributed by atoms with Gasteiger partial charge in [0, 0.05) is 34.1 Å². The molecule has 0 spiro atoms. The van der Waals surface area contributed by atoms with E-state index in [1.807, 2.05) is 0 Å². The molecule has 50 heavy (non-hydrogen) atoms. The van der Waals surface area contributed by atoms with Gasteiger partial charge in [0.1, 0.15) is 23.0 Å². The molecule has 2 heterocycles. The minimum Gasteiger partial charge on any atom is -0.457 e. The first-order chi connectivity index (χ1) is 24.8. The third-order valence-corrected chi connectivity index (χ3v) is 10.9. The predicted molar refractivity (Wildman–Crippen MR) is 204 cm³/mol. The van der Waals surface area contributed by atoms with Crippen molar-refractivity contribution in [3.8, 4) is 23.0 Å². The highest BCUT2D eigenvalue weighted by molar-refractivity contribution is 5.97. The van der Waals surface area contributed by atoms with E-state index in [2.05, 4.69) is 170 Å². The second kappa shape index (κ2) is 10.6. The summed E-state index contributed by atoms with van der Waals surface area (Å²) in [4.78, 5) is 0. The van der Waals surface area contributed by atoms with E-state index in [1.54, 1.807) is 0 Å². The molecule has 0 aliphatic carbocycles. The predicted octanol–water partition coefficient (Wildman–Crippen LogP) is 12.9. The van der Waals surface area contributed by atoms with E-state index in [4.69, 9.17) is 9.47 Å². The maximum absolute atomic E-state index is 6.76. The molecule has 2 heteroatoms. The first kappa shape index (κ1) is 27.6. The summed E-state index contributed by atoms with van der Waals surface area (Å²) < 4.78 is 13.5. The van der Waals surface area contributed by atoms with Gasteiger partial charge < -0.3 is 9.47 Å². The number of ether oxygens (including phenoxy) is 2. The van der Waals surface area contributed by atoms with E-state index in [0.29, 0.717) is 0 Å². The van der Waals surface area contributed by atoms with Crippen molar-refractivity contribution in [3.05, 3.63) is 203 Å². The zero-order valence-electron chi connectivity index (χ0n) is 27.1. The topological polar surface area (TPSA) is 18.5 Å². The molecule has 0 N–H and O–H groups in total. The minimum atomic E-state index is -0.0373. The van der Waals surface area contributed by atoms with Crippen LogP contribution in [0.2, 0.25) is 0 Å². The normalized spacial score (nSPS) is 13.8. The molecule has 2 aliphatic rings. The van der Waals surface area contributed by atoms with Crippen molar-refractivity contribution in [2.45, 2.75) is 11.8 Å². The Bertz CT molecular complexity index is 2490. The van der Waals surface area contributed by atoms with Gasteiger partial charge >= 0.3 is 0 Å². The highest BCUT2D eigenvalue weighted by atomic mass is 16.5. The Hall–Kier alpha value is -6.38. The van der Waals surface area contributed by atoms with Crippen LogP contribution in [0.4, 0.5) is 0 Å². The minimum absolute atomic E-state index is 0.0373. The van der Waals surface area contributed by atoms with E-state index >= 15 is 0 Å². The third-order valence-electron chi connectivity index (χ3n) is 10.9. The molecular weight excluding hydrogens is 609 g/mol. The van der Waals surface area contributed by atoms with Crippen LogP contribution in [0.3, 0.4) is 0 Å². The highest BCUT2D eigenvalue weighted by Gasteiger charge is 2.35. The Morgan fingerprint density at radius 1 is 0.280 bits per heavy atom. The van der Waals surface area contributed by atoms with Crippen LogP contribution in [0.25, 0.3) is 43.1 Å². The Kier molecular flexibility index (Phi) is 5.82. The van der Waals surface area contributed by atoms with E-state index in [0.717, 1.165) is 23.0 Å².